The summed E-state index contributed by atoms with van der Waals surface area (Å²) in [5, 5.41) is 11.7. The highest BCUT2D eigenvalue weighted by molar-refractivity contribution is 5.85. The Bertz CT molecular complexity index is 512. The third-order valence-corrected chi connectivity index (χ3v) is 3.56. The Morgan fingerprint density at radius 2 is 1.82 bits per heavy atom. The Hall–Kier alpha value is -1.38. The molecule has 17 heavy (non-hydrogen) atoms. The molecular formula is C15H17NO. The van der Waals surface area contributed by atoms with Gasteiger partial charge in [0.1, 0.15) is 0 Å². The van der Waals surface area contributed by atoms with E-state index in [0.717, 1.165) is 19.6 Å². The largest absolute Gasteiger partial charge is 0.396 e. The standard InChI is InChI=1S/C15H17NO/c17-11-12-8-16(9-12)10-14-6-3-5-13-4-1-2-7-15(13)14/h1-7,12,17H,8-11H2. The molecule has 0 aliphatic carbocycles. The minimum atomic E-state index is 0.325. The third-order valence-electron chi connectivity index (χ3n) is 3.56. The van der Waals surface area contributed by atoms with E-state index in [4.69, 9.17) is 5.11 Å². The molecule has 0 atom stereocenters. The average molecular weight is 227 g/mol. The summed E-state index contributed by atoms with van der Waals surface area (Å²) < 4.78 is 0. The van der Waals surface area contributed by atoms with Crippen molar-refractivity contribution in [3.8, 4) is 0 Å². The summed E-state index contributed by atoms with van der Waals surface area (Å²) in [5.74, 6) is 0.491. The van der Waals surface area contributed by atoms with Crippen molar-refractivity contribution < 1.29 is 5.11 Å². The van der Waals surface area contributed by atoms with Gasteiger partial charge in [0.15, 0.2) is 0 Å². The molecule has 3 rings (SSSR count). The van der Waals surface area contributed by atoms with Gasteiger partial charge in [-0.05, 0) is 16.3 Å². The lowest BCUT2D eigenvalue weighted by atomic mass is 9.98. The molecule has 2 nitrogen and oxygen atoms in total. The van der Waals surface area contributed by atoms with Gasteiger partial charge < -0.3 is 5.11 Å². The highest BCUT2D eigenvalue weighted by Gasteiger charge is 2.25. The molecule has 1 aliphatic rings. The Balaban J connectivity index is 1.81. The van der Waals surface area contributed by atoms with Crippen LogP contribution in [0.3, 0.4) is 0 Å². The lowest BCUT2D eigenvalue weighted by Gasteiger charge is -2.38. The molecule has 0 amide bonds. The first-order valence-corrected chi connectivity index (χ1v) is 6.16. The fourth-order valence-corrected chi connectivity index (χ4v) is 2.59. The summed E-state index contributed by atoms with van der Waals surface area (Å²) in [6.45, 7) is 3.38. The first kappa shape index (κ1) is 10.8. The normalized spacial score (nSPS) is 17.2. The van der Waals surface area contributed by atoms with Crippen LogP contribution in [0.5, 0.6) is 0 Å². The van der Waals surface area contributed by atoms with Crippen molar-refractivity contribution in [1.82, 2.24) is 4.90 Å². The number of fused-ring (bicyclic) bond motifs is 1. The number of aliphatic hydroxyl groups is 1. The Kier molecular flexibility index (Phi) is 2.83. The van der Waals surface area contributed by atoms with Crippen molar-refractivity contribution in [2.24, 2.45) is 5.92 Å². The van der Waals surface area contributed by atoms with Gasteiger partial charge in [0.2, 0.25) is 0 Å². The van der Waals surface area contributed by atoms with Crippen molar-refractivity contribution in [2.45, 2.75) is 6.54 Å². The van der Waals surface area contributed by atoms with Crippen LogP contribution in [-0.2, 0) is 6.54 Å². The molecule has 1 saturated heterocycles. The van der Waals surface area contributed by atoms with E-state index in [1.165, 1.54) is 16.3 Å². The molecule has 0 aromatic heterocycles. The summed E-state index contributed by atoms with van der Waals surface area (Å²) in [6, 6.07) is 15.0. The van der Waals surface area contributed by atoms with Crippen LogP contribution in [0.1, 0.15) is 5.56 Å². The molecule has 0 saturated carbocycles. The number of aliphatic hydroxyl groups excluding tert-OH is 1. The van der Waals surface area contributed by atoms with E-state index in [2.05, 4.69) is 47.4 Å². The van der Waals surface area contributed by atoms with Crippen LogP contribution in [0.4, 0.5) is 0 Å². The maximum absolute atomic E-state index is 9.01. The van der Waals surface area contributed by atoms with E-state index in [1.54, 1.807) is 0 Å². The second kappa shape index (κ2) is 4.47. The van der Waals surface area contributed by atoms with Gasteiger partial charge in [-0.25, -0.2) is 0 Å². The Morgan fingerprint density at radius 1 is 1.06 bits per heavy atom. The van der Waals surface area contributed by atoms with E-state index < -0.39 is 0 Å². The summed E-state index contributed by atoms with van der Waals surface area (Å²) >= 11 is 0. The van der Waals surface area contributed by atoms with Crippen LogP contribution in [0.2, 0.25) is 0 Å². The Labute approximate surface area is 101 Å². The second-order valence-corrected chi connectivity index (χ2v) is 4.88. The molecular weight excluding hydrogens is 210 g/mol. The zero-order valence-corrected chi connectivity index (χ0v) is 9.84. The van der Waals surface area contributed by atoms with E-state index >= 15 is 0 Å². The predicted octanol–water partition coefficient (Wildman–Crippen LogP) is 2.26. The van der Waals surface area contributed by atoms with Crippen LogP contribution >= 0.6 is 0 Å². The molecule has 0 unspecified atom stereocenters. The van der Waals surface area contributed by atoms with Gasteiger partial charge in [0, 0.05) is 32.2 Å². The van der Waals surface area contributed by atoms with Gasteiger partial charge in [-0.2, -0.15) is 0 Å². The molecule has 1 N–H and O–H groups in total. The summed E-state index contributed by atoms with van der Waals surface area (Å²) in [6.07, 6.45) is 0. The minimum Gasteiger partial charge on any atom is -0.396 e. The molecule has 1 aliphatic heterocycles. The van der Waals surface area contributed by atoms with Crippen molar-refractivity contribution in [3.63, 3.8) is 0 Å². The molecule has 0 spiro atoms. The smallest absolute Gasteiger partial charge is 0.0483 e. The molecule has 88 valence electrons. The maximum Gasteiger partial charge on any atom is 0.0483 e. The number of hydrogen-bond donors (Lipinski definition) is 1. The number of rotatable bonds is 3. The van der Waals surface area contributed by atoms with Gasteiger partial charge in [0.05, 0.1) is 0 Å². The monoisotopic (exact) mass is 227 g/mol. The summed E-state index contributed by atoms with van der Waals surface area (Å²) in [7, 11) is 0. The van der Waals surface area contributed by atoms with Gasteiger partial charge in [-0.15, -0.1) is 0 Å². The lowest BCUT2D eigenvalue weighted by Crippen LogP contribution is -2.47. The maximum atomic E-state index is 9.01. The fraction of sp³-hybridized carbons (Fsp3) is 0.333. The molecule has 0 radical (unpaired) electrons. The highest BCUT2D eigenvalue weighted by Crippen LogP contribution is 2.23. The fourth-order valence-electron chi connectivity index (χ4n) is 2.59. The molecule has 2 aromatic carbocycles. The summed E-state index contributed by atoms with van der Waals surface area (Å²) in [4.78, 5) is 2.39. The third kappa shape index (κ3) is 2.06. The topological polar surface area (TPSA) is 23.5 Å². The van der Waals surface area contributed by atoms with Crippen LogP contribution in [0.25, 0.3) is 10.8 Å². The average Bonchev–Trinajstić information content (AvgIpc) is 2.33. The molecule has 2 aromatic rings. The highest BCUT2D eigenvalue weighted by atomic mass is 16.3. The van der Waals surface area contributed by atoms with Gasteiger partial charge in [0.25, 0.3) is 0 Å². The lowest BCUT2D eigenvalue weighted by molar-refractivity contribution is 0.0482. The zero-order valence-electron chi connectivity index (χ0n) is 9.84. The number of likely N-dealkylation sites (tertiary alicyclic amines) is 1. The van der Waals surface area contributed by atoms with Crippen molar-refractivity contribution >= 4 is 10.8 Å². The van der Waals surface area contributed by atoms with Gasteiger partial charge in [-0.1, -0.05) is 42.5 Å². The molecule has 1 heterocycles. The number of benzene rings is 2. The van der Waals surface area contributed by atoms with Crippen molar-refractivity contribution in [3.05, 3.63) is 48.0 Å². The van der Waals surface area contributed by atoms with Crippen LogP contribution in [-0.4, -0.2) is 29.7 Å². The van der Waals surface area contributed by atoms with E-state index in [0.29, 0.717) is 12.5 Å². The van der Waals surface area contributed by atoms with Gasteiger partial charge >= 0.3 is 0 Å². The Morgan fingerprint density at radius 3 is 2.65 bits per heavy atom. The van der Waals surface area contributed by atoms with Gasteiger partial charge in [-0.3, -0.25) is 4.90 Å². The first-order valence-electron chi connectivity index (χ1n) is 6.16. The van der Waals surface area contributed by atoms with Crippen LogP contribution in [0.15, 0.2) is 42.5 Å². The first-order chi connectivity index (χ1) is 8.36. The quantitative estimate of drug-likeness (QED) is 0.869. The van der Waals surface area contributed by atoms with Crippen LogP contribution in [0, 0.1) is 5.92 Å². The van der Waals surface area contributed by atoms with Crippen molar-refractivity contribution in [2.75, 3.05) is 19.7 Å². The summed E-state index contributed by atoms with van der Waals surface area (Å²) in [5.41, 5.74) is 1.39. The molecule has 2 heteroatoms. The van der Waals surface area contributed by atoms with E-state index in [-0.39, 0.29) is 0 Å². The van der Waals surface area contributed by atoms with Crippen molar-refractivity contribution in [1.29, 1.82) is 0 Å². The van der Waals surface area contributed by atoms with E-state index in [9.17, 15) is 0 Å². The SMILES string of the molecule is OCC1CN(Cc2cccc3ccccc23)C1. The molecule has 1 fully saturated rings. The number of hydrogen-bond acceptors (Lipinski definition) is 2. The van der Waals surface area contributed by atoms with E-state index in [1.807, 2.05) is 0 Å². The second-order valence-electron chi connectivity index (χ2n) is 4.88. The zero-order chi connectivity index (χ0) is 11.7. The number of nitrogens with zero attached hydrogens (tertiary/aromatic N) is 1. The van der Waals surface area contributed by atoms with Crippen LogP contribution < -0.4 is 0 Å². The molecule has 0 bridgehead atoms. The minimum absolute atomic E-state index is 0.325. The predicted molar refractivity (Wildman–Crippen MR) is 69.8 cm³/mol.